The van der Waals surface area contributed by atoms with Crippen LogP contribution in [0.2, 0.25) is 0 Å². The molecule has 242 valence electrons. The standard InChI is InChI=1S/C39H68O3/c1-7-8-9-10-11-12-13-14-15-19-37(41)42-36-27-31(40)26-30-20-21-32-34-23-22-33(29(4)18-16-17-28(2)3)38(34,5)25-24-35(32)39(30,36)6/h20,28-29,31-36,40H,7-19,21-27H2,1-6H3/t29-,31+,32+,33-,34+,35+,36?,38-,39+/m1/s1. The van der Waals surface area contributed by atoms with Gasteiger partial charge in [0.25, 0.3) is 0 Å². The van der Waals surface area contributed by atoms with E-state index in [1.165, 1.54) is 95.5 Å². The van der Waals surface area contributed by atoms with Gasteiger partial charge in [-0.15, -0.1) is 0 Å². The van der Waals surface area contributed by atoms with Crippen molar-refractivity contribution < 1.29 is 14.6 Å². The summed E-state index contributed by atoms with van der Waals surface area (Å²) in [5.74, 6) is 4.50. The molecule has 0 heterocycles. The molecule has 42 heavy (non-hydrogen) atoms. The molecule has 3 fully saturated rings. The lowest BCUT2D eigenvalue weighted by Crippen LogP contribution is -2.56. The van der Waals surface area contributed by atoms with Crippen LogP contribution < -0.4 is 0 Å². The van der Waals surface area contributed by atoms with Gasteiger partial charge in [0.2, 0.25) is 0 Å². The monoisotopic (exact) mass is 585 g/mol. The van der Waals surface area contributed by atoms with Crippen LogP contribution in [0.15, 0.2) is 11.6 Å². The molecule has 4 rings (SSSR count). The summed E-state index contributed by atoms with van der Waals surface area (Å²) in [7, 11) is 0. The van der Waals surface area contributed by atoms with E-state index in [2.05, 4.69) is 47.6 Å². The van der Waals surface area contributed by atoms with E-state index in [1.807, 2.05) is 0 Å². The summed E-state index contributed by atoms with van der Waals surface area (Å²) in [6, 6.07) is 0. The molecule has 0 aliphatic heterocycles. The Labute approximate surface area is 260 Å². The van der Waals surface area contributed by atoms with E-state index < -0.39 is 0 Å². The van der Waals surface area contributed by atoms with Crippen LogP contribution in [-0.4, -0.2) is 23.3 Å². The molecule has 0 aromatic rings. The smallest absolute Gasteiger partial charge is 0.306 e. The molecule has 0 amide bonds. The van der Waals surface area contributed by atoms with Gasteiger partial charge in [0, 0.05) is 18.3 Å². The Hall–Kier alpha value is -0.830. The minimum absolute atomic E-state index is 0.0310. The minimum Gasteiger partial charge on any atom is -0.461 e. The minimum atomic E-state index is -0.386. The number of unbranched alkanes of at least 4 members (excludes halogenated alkanes) is 8. The van der Waals surface area contributed by atoms with Crippen LogP contribution in [0, 0.1) is 46.3 Å². The van der Waals surface area contributed by atoms with E-state index >= 15 is 0 Å². The van der Waals surface area contributed by atoms with Crippen molar-refractivity contribution in [1.82, 2.24) is 0 Å². The highest BCUT2D eigenvalue weighted by Gasteiger charge is 2.61. The zero-order valence-corrected chi connectivity index (χ0v) is 28.6. The van der Waals surface area contributed by atoms with Gasteiger partial charge in [0.1, 0.15) is 6.10 Å². The third-order valence-corrected chi connectivity index (χ3v) is 13.1. The second kappa shape index (κ2) is 15.4. The number of ether oxygens (including phenoxy) is 1. The van der Waals surface area contributed by atoms with E-state index in [9.17, 15) is 9.90 Å². The number of hydrogen-bond acceptors (Lipinski definition) is 3. The number of fused-ring (bicyclic) bond motifs is 5. The molecule has 0 radical (unpaired) electrons. The van der Waals surface area contributed by atoms with Crippen LogP contribution in [0.5, 0.6) is 0 Å². The van der Waals surface area contributed by atoms with Gasteiger partial charge in [0.05, 0.1) is 6.10 Å². The lowest BCUT2D eigenvalue weighted by atomic mass is 9.46. The van der Waals surface area contributed by atoms with Crippen molar-refractivity contribution in [1.29, 1.82) is 0 Å². The normalized spacial score (nSPS) is 36.6. The van der Waals surface area contributed by atoms with Gasteiger partial charge in [-0.3, -0.25) is 4.79 Å². The molecule has 1 unspecified atom stereocenters. The second-order valence-corrected chi connectivity index (χ2v) is 16.3. The van der Waals surface area contributed by atoms with Gasteiger partial charge >= 0.3 is 5.97 Å². The van der Waals surface area contributed by atoms with E-state index in [-0.39, 0.29) is 23.6 Å². The van der Waals surface area contributed by atoms with Gasteiger partial charge in [-0.05, 0) is 85.9 Å². The van der Waals surface area contributed by atoms with Crippen LogP contribution in [0.3, 0.4) is 0 Å². The Morgan fingerprint density at radius 1 is 0.929 bits per heavy atom. The van der Waals surface area contributed by atoms with E-state index in [1.54, 1.807) is 0 Å². The Morgan fingerprint density at radius 3 is 2.31 bits per heavy atom. The third kappa shape index (κ3) is 7.69. The lowest BCUT2D eigenvalue weighted by molar-refractivity contribution is -0.169. The third-order valence-electron chi connectivity index (χ3n) is 13.1. The van der Waals surface area contributed by atoms with Crippen molar-refractivity contribution in [2.45, 2.75) is 182 Å². The fraction of sp³-hybridized carbons (Fsp3) is 0.923. The average Bonchev–Trinajstić information content (AvgIpc) is 3.30. The molecule has 0 aromatic heterocycles. The maximum atomic E-state index is 13.2. The topological polar surface area (TPSA) is 46.5 Å². The van der Waals surface area contributed by atoms with Crippen LogP contribution in [0.1, 0.15) is 170 Å². The zero-order valence-electron chi connectivity index (χ0n) is 28.6. The first kappa shape index (κ1) is 34.1. The fourth-order valence-corrected chi connectivity index (χ4v) is 10.7. The highest BCUT2D eigenvalue weighted by atomic mass is 16.5. The van der Waals surface area contributed by atoms with Crippen molar-refractivity contribution in [3.63, 3.8) is 0 Å². The summed E-state index contributed by atoms with van der Waals surface area (Å²) in [5, 5.41) is 10.9. The van der Waals surface area contributed by atoms with Crippen molar-refractivity contribution in [3.05, 3.63) is 11.6 Å². The Bertz CT molecular complexity index is 877. The number of rotatable bonds is 16. The van der Waals surface area contributed by atoms with Crippen LogP contribution in [0.25, 0.3) is 0 Å². The molecule has 0 spiro atoms. The van der Waals surface area contributed by atoms with Crippen molar-refractivity contribution in [3.8, 4) is 0 Å². The van der Waals surface area contributed by atoms with Crippen molar-refractivity contribution in [2.24, 2.45) is 46.3 Å². The average molecular weight is 585 g/mol. The quantitative estimate of drug-likeness (QED) is 0.111. The van der Waals surface area contributed by atoms with Gasteiger partial charge in [-0.2, -0.15) is 0 Å². The first-order valence-corrected chi connectivity index (χ1v) is 18.7. The Morgan fingerprint density at radius 2 is 1.62 bits per heavy atom. The van der Waals surface area contributed by atoms with Crippen LogP contribution in [-0.2, 0) is 9.53 Å². The van der Waals surface area contributed by atoms with E-state index in [4.69, 9.17) is 4.74 Å². The predicted molar refractivity (Wildman–Crippen MR) is 176 cm³/mol. The number of carbonyl (C=O) groups excluding carboxylic acids is 1. The first-order chi connectivity index (χ1) is 20.1. The zero-order chi connectivity index (χ0) is 30.3. The molecular formula is C39H68O3. The van der Waals surface area contributed by atoms with Gasteiger partial charge in [-0.1, -0.05) is 124 Å². The van der Waals surface area contributed by atoms with Gasteiger partial charge in [0.15, 0.2) is 0 Å². The molecule has 4 aliphatic carbocycles. The molecule has 1 N–H and O–H groups in total. The highest BCUT2D eigenvalue weighted by Crippen LogP contribution is 2.67. The highest BCUT2D eigenvalue weighted by molar-refractivity contribution is 5.69. The summed E-state index contributed by atoms with van der Waals surface area (Å²) in [6.45, 7) is 14.6. The van der Waals surface area contributed by atoms with Crippen LogP contribution in [0.4, 0.5) is 0 Å². The van der Waals surface area contributed by atoms with Crippen LogP contribution >= 0.6 is 0 Å². The summed E-state index contributed by atoms with van der Waals surface area (Å²) >= 11 is 0. The number of allylic oxidation sites excluding steroid dienone is 1. The molecule has 0 bridgehead atoms. The number of aliphatic hydroxyl groups is 1. The van der Waals surface area contributed by atoms with E-state index in [0.717, 1.165) is 49.4 Å². The van der Waals surface area contributed by atoms with Gasteiger partial charge < -0.3 is 9.84 Å². The molecule has 3 saturated carbocycles. The largest absolute Gasteiger partial charge is 0.461 e. The van der Waals surface area contributed by atoms with Crippen molar-refractivity contribution >= 4 is 5.97 Å². The predicted octanol–water partition coefficient (Wildman–Crippen LogP) is 10.8. The van der Waals surface area contributed by atoms with E-state index in [0.29, 0.717) is 30.1 Å². The molecule has 3 nitrogen and oxygen atoms in total. The summed E-state index contributed by atoms with van der Waals surface area (Å²) in [4.78, 5) is 13.2. The summed E-state index contributed by atoms with van der Waals surface area (Å²) in [5.41, 5.74) is 1.73. The maximum Gasteiger partial charge on any atom is 0.306 e. The number of hydrogen-bond donors (Lipinski definition) is 1. The molecule has 9 atom stereocenters. The molecule has 0 aromatic carbocycles. The first-order valence-electron chi connectivity index (χ1n) is 18.7. The van der Waals surface area contributed by atoms with Gasteiger partial charge in [-0.25, -0.2) is 0 Å². The van der Waals surface area contributed by atoms with Crippen molar-refractivity contribution in [2.75, 3.05) is 0 Å². The lowest BCUT2D eigenvalue weighted by Gasteiger charge is -2.60. The SMILES string of the molecule is CCCCCCCCCCCC(=O)OC1C[C@@H](O)CC2=CC[C@H]3[C@@H]4CC[C@H]([C@H](C)CCCC(C)C)[C@@]4(C)CC[C@@H]3[C@]21C. The number of esters is 1. The number of aliphatic hydroxyl groups excluding tert-OH is 1. The summed E-state index contributed by atoms with van der Waals surface area (Å²) in [6.07, 6.45) is 25.8. The molecular weight excluding hydrogens is 516 g/mol. The second-order valence-electron chi connectivity index (χ2n) is 16.3. The number of carbonyl (C=O) groups is 1. The summed E-state index contributed by atoms with van der Waals surface area (Å²) < 4.78 is 6.37. The molecule has 3 heteroatoms. The Kier molecular flexibility index (Phi) is 12.5. The maximum absolute atomic E-state index is 13.2. The molecule has 4 aliphatic rings. The molecule has 0 saturated heterocycles. The Balaban J connectivity index is 1.35. The fourth-order valence-electron chi connectivity index (χ4n) is 10.7.